The van der Waals surface area contributed by atoms with Crippen molar-refractivity contribution in [3.8, 4) is 5.75 Å². The summed E-state index contributed by atoms with van der Waals surface area (Å²) in [5, 5.41) is 2.79. The number of anilines is 1. The van der Waals surface area contributed by atoms with Gasteiger partial charge in [0.15, 0.2) is 0 Å². The number of carbonyl (C=O) groups is 3. The average molecular weight is 470 g/mol. The maximum Gasteiger partial charge on any atom is 0.341 e. The van der Waals surface area contributed by atoms with E-state index in [1.807, 2.05) is 0 Å². The molecule has 0 aliphatic carbocycles. The molecule has 0 atom stereocenters. The van der Waals surface area contributed by atoms with Gasteiger partial charge in [-0.3, -0.25) is 9.59 Å². The maximum absolute atomic E-state index is 12.2. The van der Waals surface area contributed by atoms with E-state index in [9.17, 15) is 14.4 Å². The molecule has 186 valence electrons. The normalized spacial score (nSPS) is 11.4. The second-order valence-electron chi connectivity index (χ2n) is 7.94. The summed E-state index contributed by atoms with van der Waals surface area (Å²) in [5.41, 5.74) is 0.592. The first-order valence-corrected chi connectivity index (χ1v) is 12.1. The van der Waals surface area contributed by atoms with Crippen LogP contribution in [-0.2, 0) is 14.3 Å². The lowest BCUT2D eigenvalue weighted by Gasteiger charge is -2.11. The highest BCUT2D eigenvalue weighted by atomic mass is 16.5. The molecule has 0 bridgehead atoms. The summed E-state index contributed by atoms with van der Waals surface area (Å²) in [5.74, 6) is -1.22. The maximum atomic E-state index is 12.2. The van der Waals surface area contributed by atoms with Gasteiger partial charge in [0.25, 0.3) is 0 Å². The molecule has 1 amide bonds. The molecule has 34 heavy (non-hydrogen) atoms. The Morgan fingerprint density at radius 3 is 2.21 bits per heavy atom. The fourth-order valence-electron chi connectivity index (χ4n) is 3.25. The largest absolute Gasteiger partial charge is 0.465 e. The number of rotatable bonds is 16. The van der Waals surface area contributed by atoms with Crippen molar-refractivity contribution < 1.29 is 23.9 Å². The third-order valence-corrected chi connectivity index (χ3v) is 4.98. The summed E-state index contributed by atoms with van der Waals surface area (Å²) in [6, 6.07) is 4.51. The second-order valence-corrected chi connectivity index (χ2v) is 7.94. The quantitative estimate of drug-likeness (QED) is 0.123. The van der Waals surface area contributed by atoms with Gasteiger partial charge in [-0.1, -0.05) is 62.6 Å². The zero-order chi connectivity index (χ0) is 25.0. The molecule has 0 saturated heterocycles. The third kappa shape index (κ3) is 13.4. The van der Waals surface area contributed by atoms with E-state index in [0.717, 1.165) is 57.8 Å². The smallest absolute Gasteiger partial charge is 0.341 e. The van der Waals surface area contributed by atoms with Gasteiger partial charge in [-0.25, -0.2) is 4.79 Å². The minimum atomic E-state index is -0.614. The summed E-state index contributed by atoms with van der Waals surface area (Å²) < 4.78 is 9.77. The number of hydrogen-bond acceptors (Lipinski definition) is 5. The highest BCUT2D eigenvalue weighted by Gasteiger charge is 2.16. The van der Waals surface area contributed by atoms with Crippen molar-refractivity contribution >= 4 is 23.5 Å². The van der Waals surface area contributed by atoms with Gasteiger partial charge in [-0.2, -0.15) is 0 Å². The number of nitrogens with one attached hydrogen (secondary N) is 1. The van der Waals surface area contributed by atoms with Crippen LogP contribution in [0, 0.1) is 0 Å². The number of ether oxygens (including phenoxy) is 2. The minimum Gasteiger partial charge on any atom is -0.465 e. The fourth-order valence-corrected chi connectivity index (χ4v) is 3.25. The summed E-state index contributed by atoms with van der Waals surface area (Å²) in [6.45, 7) is 3.38. The van der Waals surface area contributed by atoms with E-state index >= 15 is 0 Å². The standard InChI is InChI=1S/C28H39NO5/c1-4-5-6-7-8-9-10-11-12-13-14-15-16-17-18-19-27(31)29-24-20-21-25(28(32)33-3)26(22-24)34-23(2)30/h5-6,8-9,11-12,20-22H,4,7,10,13-19H2,1-3H3,(H,29,31). The number of unbranched alkanes of at least 4 members (excludes halogenated alkanes) is 5. The van der Waals surface area contributed by atoms with Crippen molar-refractivity contribution in [3.05, 3.63) is 60.2 Å². The molecule has 0 spiro atoms. The zero-order valence-electron chi connectivity index (χ0n) is 20.8. The first kappa shape index (κ1) is 28.9. The highest BCUT2D eigenvalue weighted by molar-refractivity contribution is 5.96. The number of benzene rings is 1. The lowest BCUT2D eigenvalue weighted by Crippen LogP contribution is -2.13. The summed E-state index contributed by atoms with van der Waals surface area (Å²) in [6.07, 6.45) is 23.1. The fraction of sp³-hybridized carbons (Fsp3) is 0.464. The molecule has 1 aromatic carbocycles. The van der Waals surface area contributed by atoms with Crippen molar-refractivity contribution in [2.75, 3.05) is 12.4 Å². The van der Waals surface area contributed by atoms with Crippen LogP contribution in [0.5, 0.6) is 5.75 Å². The van der Waals surface area contributed by atoms with Gasteiger partial charge in [0.05, 0.1) is 7.11 Å². The molecule has 0 unspecified atom stereocenters. The predicted octanol–water partition coefficient (Wildman–Crippen LogP) is 6.93. The summed E-state index contributed by atoms with van der Waals surface area (Å²) >= 11 is 0. The van der Waals surface area contributed by atoms with E-state index < -0.39 is 11.9 Å². The lowest BCUT2D eigenvalue weighted by atomic mass is 10.1. The Morgan fingerprint density at radius 2 is 1.53 bits per heavy atom. The Balaban J connectivity index is 2.22. The number of carbonyl (C=O) groups excluding carboxylic acids is 3. The van der Waals surface area contributed by atoms with Crippen LogP contribution in [0.4, 0.5) is 5.69 Å². The molecule has 0 fully saturated rings. The second kappa shape index (κ2) is 18.3. The van der Waals surface area contributed by atoms with E-state index in [2.05, 4.69) is 48.7 Å². The van der Waals surface area contributed by atoms with Crippen molar-refractivity contribution in [2.24, 2.45) is 0 Å². The Labute approximate surface area is 204 Å². The minimum absolute atomic E-state index is 0.0614. The number of methoxy groups -OCH3 is 1. The average Bonchev–Trinajstić information content (AvgIpc) is 2.81. The zero-order valence-corrected chi connectivity index (χ0v) is 20.8. The van der Waals surface area contributed by atoms with Crippen LogP contribution >= 0.6 is 0 Å². The number of allylic oxidation sites excluding steroid dienone is 6. The van der Waals surface area contributed by atoms with Gasteiger partial charge >= 0.3 is 11.9 Å². The Bertz CT molecular complexity index is 854. The van der Waals surface area contributed by atoms with Crippen LogP contribution < -0.4 is 10.1 Å². The topological polar surface area (TPSA) is 81.7 Å². The number of hydrogen-bond donors (Lipinski definition) is 1. The molecule has 0 aromatic heterocycles. The molecule has 0 aliphatic heterocycles. The summed E-state index contributed by atoms with van der Waals surface area (Å²) in [4.78, 5) is 35.3. The van der Waals surface area contributed by atoms with Crippen LogP contribution in [-0.4, -0.2) is 25.0 Å². The van der Waals surface area contributed by atoms with Crippen LogP contribution in [0.25, 0.3) is 0 Å². The van der Waals surface area contributed by atoms with Gasteiger partial charge in [-0.05, 0) is 50.7 Å². The van der Waals surface area contributed by atoms with Gasteiger partial charge in [0, 0.05) is 25.1 Å². The van der Waals surface area contributed by atoms with Crippen LogP contribution in [0.2, 0.25) is 0 Å². The number of amides is 1. The van der Waals surface area contributed by atoms with Crippen LogP contribution in [0.3, 0.4) is 0 Å². The van der Waals surface area contributed by atoms with E-state index in [0.29, 0.717) is 12.1 Å². The van der Waals surface area contributed by atoms with Crippen molar-refractivity contribution in [1.82, 2.24) is 0 Å². The first-order chi connectivity index (χ1) is 16.5. The predicted molar refractivity (Wildman–Crippen MR) is 137 cm³/mol. The van der Waals surface area contributed by atoms with E-state index in [1.54, 1.807) is 6.07 Å². The SMILES string of the molecule is CCC=CCC=CCC=CCCCCCCCC(=O)Nc1ccc(C(=O)OC)c(OC(C)=O)c1. The van der Waals surface area contributed by atoms with Gasteiger partial charge < -0.3 is 14.8 Å². The van der Waals surface area contributed by atoms with Crippen LogP contribution in [0.15, 0.2) is 54.7 Å². The molecule has 1 aromatic rings. The summed E-state index contributed by atoms with van der Waals surface area (Å²) in [7, 11) is 1.25. The third-order valence-electron chi connectivity index (χ3n) is 4.98. The molecule has 0 saturated carbocycles. The Hall–Kier alpha value is -3.15. The Morgan fingerprint density at radius 1 is 0.882 bits per heavy atom. The Kier molecular flexibility index (Phi) is 15.5. The van der Waals surface area contributed by atoms with Crippen LogP contribution in [0.1, 0.15) is 88.4 Å². The monoisotopic (exact) mass is 469 g/mol. The van der Waals surface area contributed by atoms with Crippen molar-refractivity contribution in [2.45, 2.75) is 78.1 Å². The van der Waals surface area contributed by atoms with E-state index in [-0.39, 0.29) is 17.2 Å². The number of esters is 2. The van der Waals surface area contributed by atoms with Crippen molar-refractivity contribution in [1.29, 1.82) is 0 Å². The molecule has 6 nitrogen and oxygen atoms in total. The van der Waals surface area contributed by atoms with E-state index in [4.69, 9.17) is 9.47 Å². The molecule has 0 radical (unpaired) electrons. The molecule has 1 rings (SSSR count). The molecule has 0 aliphatic rings. The van der Waals surface area contributed by atoms with Gasteiger partial charge in [-0.15, -0.1) is 0 Å². The molecular formula is C28H39NO5. The highest BCUT2D eigenvalue weighted by Crippen LogP contribution is 2.25. The first-order valence-electron chi connectivity index (χ1n) is 12.1. The van der Waals surface area contributed by atoms with Gasteiger partial charge in [0.2, 0.25) is 5.91 Å². The molecule has 1 N–H and O–H groups in total. The molecular weight excluding hydrogens is 430 g/mol. The molecule has 6 heteroatoms. The lowest BCUT2D eigenvalue weighted by molar-refractivity contribution is -0.131. The van der Waals surface area contributed by atoms with E-state index in [1.165, 1.54) is 26.2 Å². The molecule has 0 heterocycles. The van der Waals surface area contributed by atoms with Gasteiger partial charge in [0.1, 0.15) is 11.3 Å². The van der Waals surface area contributed by atoms with Crippen molar-refractivity contribution in [3.63, 3.8) is 0 Å².